The van der Waals surface area contributed by atoms with E-state index in [-0.39, 0.29) is 29.9 Å². The van der Waals surface area contributed by atoms with Crippen molar-refractivity contribution < 1.29 is 23.9 Å². The van der Waals surface area contributed by atoms with Gasteiger partial charge in [0.2, 0.25) is 5.91 Å². The molecule has 1 aromatic rings. The molecule has 2 amide bonds. The van der Waals surface area contributed by atoms with Crippen molar-refractivity contribution in [1.29, 1.82) is 0 Å². The van der Waals surface area contributed by atoms with E-state index in [1.165, 1.54) is 0 Å². The van der Waals surface area contributed by atoms with Crippen LogP contribution < -0.4 is 10.6 Å². The van der Waals surface area contributed by atoms with Gasteiger partial charge < -0.3 is 20.1 Å². The number of carbonyl (C=O) groups excluding carboxylic acids is 3. The van der Waals surface area contributed by atoms with E-state index in [1.54, 1.807) is 6.92 Å². The summed E-state index contributed by atoms with van der Waals surface area (Å²) in [6.45, 7) is 11.8. The van der Waals surface area contributed by atoms with Gasteiger partial charge in [-0.05, 0) is 63.4 Å². The minimum Gasteiger partial charge on any atom is -0.464 e. The van der Waals surface area contributed by atoms with E-state index in [1.807, 2.05) is 51.1 Å². The molecule has 0 spiro atoms. The van der Waals surface area contributed by atoms with E-state index in [2.05, 4.69) is 24.5 Å². The molecule has 4 rings (SSSR count). The fourth-order valence-electron chi connectivity index (χ4n) is 5.28. The summed E-state index contributed by atoms with van der Waals surface area (Å²) in [5.74, 6) is -0.523. The Morgan fingerprint density at radius 3 is 2.36 bits per heavy atom. The highest BCUT2D eigenvalue weighted by atomic mass is 16.6. The Hall–Kier alpha value is -2.57. The highest BCUT2D eigenvalue weighted by Gasteiger charge is 2.60. The molecule has 0 aliphatic heterocycles. The van der Waals surface area contributed by atoms with Crippen LogP contribution in [0.1, 0.15) is 59.9 Å². The Bertz CT molecular complexity index is 861. The highest BCUT2D eigenvalue weighted by molar-refractivity contribution is 5.87. The lowest BCUT2D eigenvalue weighted by Gasteiger charge is -2.62. The standard InChI is InChI=1S/C26H38N2O5/c1-7-32-23(30)20(13-16-11-9-8-10-12-16)27-22(29)18-14-17-15-19(26(17,5)6)21(18)28-24(31)33-25(2,3)4/h8-12,17-21H,7,13-15H2,1-6H3,(H,27,29)(H,28,31)/t17-,18-,19-,20-,21-/m0/s1. The number of rotatable bonds is 7. The largest absolute Gasteiger partial charge is 0.464 e. The second kappa shape index (κ2) is 9.74. The van der Waals surface area contributed by atoms with Crippen LogP contribution in [0.4, 0.5) is 4.79 Å². The second-order valence-electron chi connectivity index (χ2n) is 10.9. The minimum atomic E-state index is -0.784. The summed E-state index contributed by atoms with van der Waals surface area (Å²) in [4.78, 5) is 38.7. The molecule has 5 atom stereocenters. The van der Waals surface area contributed by atoms with Gasteiger partial charge in [0.15, 0.2) is 0 Å². The summed E-state index contributed by atoms with van der Waals surface area (Å²) >= 11 is 0. The molecule has 0 aromatic heterocycles. The molecule has 2 N–H and O–H groups in total. The number of benzene rings is 1. The van der Waals surface area contributed by atoms with Crippen LogP contribution in [0.5, 0.6) is 0 Å². The number of fused-ring (bicyclic) bond motifs is 2. The van der Waals surface area contributed by atoms with Crippen molar-refractivity contribution in [2.24, 2.45) is 23.2 Å². The molecule has 3 saturated carbocycles. The number of alkyl carbamates (subject to hydrolysis) is 1. The number of esters is 1. The van der Waals surface area contributed by atoms with Crippen LogP contribution in [0.25, 0.3) is 0 Å². The Labute approximate surface area is 197 Å². The van der Waals surface area contributed by atoms with E-state index in [4.69, 9.17) is 9.47 Å². The van der Waals surface area contributed by atoms with E-state index in [0.717, 1.165) is 12.0 Å². The molecule has 0 saturated heterocycles. The predicted octanol–water partition coefficient (Wildman–Crippen LogP) is 3.85. The minimum absolute atomic E-state index is 0.0427. The van der Waals surface area contributed by atoms with Crippen molar-refractivity contribution in [3.63, 3.8) is 0 Å². The van der Waals surface area contributed by atoms with Gasteiger partial charge in [-0.2, -0.15) is 0 Å². The molecular formula is C26H38N2O5. The van der Waals surface area contributed by atoms with E-state index >= 15 is 0 Å². The van der Waals surface area contributed by atoms with Crippen molar-refractivity contribution >= 4 is 18.0 Å². The maximum Gasteiger partial charge on any atom is 0.407 e. The molecule has 0 heterocycles. The van der Waals surface area contributed by atoms with Gasteiger partial charge in [-0.1, -0.05) is 44.2 Å². The van der Waals surface area contributed by atoms with E-state index in [0.29, 0.717) is 18.8 Å². The van der Waals surface area contributed by atoms with Gasteiger partial charge in [0.25, 0.3) is 0 Å². The van der Waals surface area contributed by atoms with Gasteiger partial charge in [-0.15, -0.1) is 0 Å². The van der Waals surface area contributed by atoms with Crippen LogP contribution in [0, 0.1) is 23.2 Å². The first-order valence-electron chi connectivity index (χ1n) is 11.9. The molecule has 0 unspecified atom stereocenters. The predicted molar refractivity (Wildman–Crippen MR) is 125 cm³/mol. The number of nitrogens with one attached hydrogen (secondary N) is 2. The summed E-state index contributed by atoms with van der Waals surface area (Å²) < 4.78 is 10.7. The van der Waals surface area contributed by atoms with Crippen molar-refractivity contribution in [2.75, 3.05) is 6.61 Å². The number of carbonyl (C=O) groups is 3. The van der Waals surface area contributed by atoms with Crippen LogP contribution in [0.15, 0.2) is 30.3 Å². The summed E-state index contributed by atoms with van der Waals surface area (Å²) in [6.07, 6.45) is 1.47. The van der Waals surface area contributed by atoms with Crippen molar-refractivity contribution in [3.05, 3.63) is 35.9 Å². The third-order valence-electron chi connectivity index (χ3n) is 7.14. The molecule has 182 valence electrons. The summed E-state index contributed by atoms with van der Waals surface area (Å²) in [7, 11) is 0. The first kappa shape index (κ1) is 25.1. The summed E-state index contributed by atoms with van der Waals surface area (Å²) in [6, 6.07) is 8.42. The molecule has 33 heavy (non-hydrogen) atoms. The van der Waals surface area contributed by atoms with Crippen LogP contribution in [0.2, 0.25) is 0 Å². The zero-order valence-corrected chi connectivity index (χ0v) is 20.6. The van der Waals surface area contributed by atoms with Gasteiger partial charge >= 0.3 is 12.1 Å². The lowest BCUT2D eigenvalue weighted by Crippen LogP contribution is -2.66. The maximum atomic E-state index is 13.5. The van der Waals surface area contributed by atoms with E-state index < -0.39 is 29.6 Å². The fraction of sp³-hybridized carbons (Fsp3) is 0.654. The number of ether oxygens (including phenoxy) is 2. The Balaban J connectivity index is 1.76. The second-order valence-corrected chi connectivity index (χ2v) is 10.9. The molecule has 7 nitrogen and oxygen atoms in total. The van der Waals surface area contributed by atoms with Crippen molar-refractivity contribution in [2.45, 2.75) is 78.5 Å². The third-order valence-corrected chi connectivity index (χ3v) is 7.14. The van der Waals surface area contributed by atoms with Crippen LogP contribution >= 0.6 is 0 Å². The van der Waals surface area contributed by atoms with Crippen molar-refractivity contribution in [3.8, 4) is 0 Å². The highest BCUT2D eigenvalue weighted by Crippen LogP contribution is 2.60. The molecule has 3 aliphatic carbocycles. The van der Waals surface area contributed by atoms with Gasteiger partial charge in [0.05, 0.1) is 12.5 Å². The lowest BCUT2D eigenvalue weighted by atomic mass is 9.45. The third kappa shape index (κ3) is 5.87. The normalized spacial score (nSPS) is 26.4. The first-order valence-corrected chi connectivity index (χ1v) is 11.9. The van der Waals surface area contributed by atoms with Gasteiger partial charge in [-0.25, -0.2) is 9.59 Å². The number of hydrogen-bond donors (Lipinski definition) is 2. The quantitative estimate of drug-likeness (QED) is 0.606. The molecule has 2 bridgehead atoms. The van der Waals surface area contributed by atoms with Crippen molar-refractivity contribution in [1.82, 2.24) is 10.6 Å². The van der Waals surface area contributed by atoms with Crippen LogP contribution in [-0.2, 0) is 25.5 Å². The molecular weight excluding hydrogens is 420 g/mol. The average molecular weight is 459 g/mol. The van der Waals surface area contributed by atoms with Crippen LogP contribution in [-0.4, -0.2) is 42.3 Å². The summed E-state index contributed by atoms with van der Waals surface area (Å²) in [5.41, 5.74) is 0.354. The van der Waals surface area contributed by atoms with Gasteiger partial charge in [-0.3, -0.25) is 4.79 Å². The smallest absolute Gasteiger partial charge is 0.407 e. The van der Waals surface area contributed by atoms with Crippen LogP contribution in [0.3, 0.4) is 0 Å². The molecule has 3 fully saturated rings. The monoisotopic (exact) mass is 458 g/mol. The fourth-order valence-corrected chi connectivity index (χ4v) is 5.28. The molecule has 3 aliphatic rings. The zero-order chi connectivity index (χ0) is 24.4. The Morgan fingerprint density at radius 1 is 1.12 bits per heavy atom. The van der Waals surface area contributed by atoms with E-state index in [9.17, 15) is 14.4 Å². The first-order chi connectivity index (χ1) is 15.4. The maximum absolute atomic E-state index is 13.5. The van der Waals surface area contributed by atoms with Gasteiger partial charge in [0, 0.05) is 12.5 Å². The average Bonchev–Trinajstić information content (AvgIpc) is 2.72. The Kier molecular flexibility index (Phi) is 7.39. The summed E-state index contributed by atoms with van der Waals surface area (Å²) in [5, 5.41) is 5.92. The SMILES string of the molecule is CCOC(=O)[C@H](Cc1ccccc1)NC(=O)[C@H]1C[C@H]2C[C@@H]([C@H]1NC(=O)OC(C)(C)C)C2(C)C. The topological polar surface area (TPSA) is 93.7 Å². The zero-order valence-electron chi connectivity index (χ0n) is 20.6. The van der Waals surface area contributed by atoms with Gasteiger partial charge in [0.1, 0.15) is 11.6 Å². The number of amides is 2. The molecule has 0 radical (unpaired) electrons. The molecule has 7 heteroatoms. The Morgan fingerprint density at radius 2 is 1.79 bits per heavy atom. The lowest BCUT2D eigenvalue weighted by molar-refractivity contribution is -0.153. The molecule has 1 aromatic carbocycles. The number of hydrogen-bond acceptors (Lipinski definition) is 5.